The second-order valence-electron chi connectivity index (χ2n) is 3.76. The predicted octanol–water partition coefficient (Wildman–Crippen LogP) is 2.40. The van der Waals surface area contributed by atoms with Gasteiger partial charge in [-0.2, -0.15) is 0 Å². The molecule has 0 aromatic heterocycles. The molecule has 0 heterocycles. The fourth-order valence-electron chi connectivity index (χ4n) is 1.06. The molecule has 0 aliphatic carbocycles. The zero-order valence-corrected chi connectivity index (χ0v) is 11.8. The first kappa shape index (κ1) is 16.3. The van der Waals surface area contributed by atoms with Crippen molar-refractivity contribution in [2.75, 3.05) is 13.2 Å². The van der Waals surface area contributed by atoms with Crippen LogP contribution < -0.4 is 0 Å². The number of rotatable bonds is 8. The van der Waals surface area contributed by atoms with Gasteiger partial charge < -0.3 is 9.47 Å². The van der Waals surface area contributed by atoms with Gasteiger partial charge in [-0.1, -0.05) is 13.8 Å². The van der Waals surface area contributed by atoms with Crippen LogP contribution in [-0.2, 0) is 19.1 Å². The number of hydrogen-bond acceptors (Lipinski definition) is 5. The van der Waals surface area contributed by atoms with Gasteiger partial charge in [0.25, 0.3) is 0 Å². The van der Waals surface area contributed by atoms with E-state index in [9.17, 15) is 9.59 Å². The van der Waals surface area contributed by atoms with Crippen LogP contribution in [0.25, 0.3) is 0 Å². The summed E-state index contributed by atoms with van der Waals surface area (Å²) in [6.45, 7) is 8.22. The van der Waals surface area contributed by atoms with Crippen molar-refractivity contribution in [3.8, 4) is 0 Å². The van der Waals surface area contributed by atoms with Crippen molar-refractivity contribution in [3.63, 3.8) is 0 Å². The lowest BCUT2D eigenvalue weighted by Crippen LogP contribution is -2.24. The van der Waals surface area contributed by atoms with E-state index in [-0.39, 0.29) is 22.4 Å². The molecule has 0 fully saturated rings. The highest BCUT2D eigenvalue weighted by Crippen LogP contribution is 2.19. The van der Waals surface area contributed by atoms with Crippen molar-refractivity contribution in [1.29, 1.82) is 0 Å². The van der Waals surface area contributed by atoms with Crippen molar-refractivity contribution in [2.45, 2.75) is 51.0 Å². The molecule has 17 heavy (non-hydrogen) atoms. The molecule has 100 valence electrons. The molecule has 0 amide bonds. The number of esters is 2. The molecule has 0 aliphatic heterocycles. The standard InChI is InChI=1S/C12H22O4S/c1-5-7-15-11(13)9(3)17-10(4)12(14)16-8-6-2/h9-10H,5-8H2,1-4H3. The van der Waals surface area contributed by atoms with Crippen molar-refractivity contribution >= 4 is 23.7 Å². The number of carbonyl (C=O) groups is 2. The molecule has 0 saturated carbocycles. The van der Waals surface area contributed by atoms with Gasteiger partial charge in [-0.05, 0) is 26.7 Å². The molecule has 0 aliphatic rings. The number of carbonyl (C=O) groups excluding carboxylic acids is 2. The zero-order valence-electron chi connectivity index (χ0n) is 11.0. The molecule has 0 aromatic carbocycles. The number of thioether (sulfide) groups is 1. The molecule has 0 spiro atoms. The first-order valence-electron chi connectivity index (χ1n) is 6.01. The molecule has 0 saturated heterocycles. The third kappa shape index (κ3) is 7.26. The van der Waals surface area contributed by atoms with E-state index < -0.39 is 0 Å². The second kappa shape index (κ2) is 9.33. The molecule has 0 radical (unpaired) electrons. The summed E-state index contributed by atoms with van der Waals surface area (Å²) in [5, 5.41) is -0.684. The molecule has 0 aromatic rings. The van der Waals surface area contributed by atoms with E-state index in [4.69, 9.17) is 9.47 Å². The fraction of sp³-hybridized carbons (Fsp3) is 0.833. The van der Waals surface area contributed by atoms with Crippen LogP contribution in [0.15, 0.2) is 0 Å². The zero-order chi connectivity index (χ0) is 13.3. The highest BCUT2D eigenvalue weighted by Gasteiger charge is 2.23. The monoisotopic (exact) mass is 262 g/mol. The molecular weight excluding hydrogens is 240 g/mol. The van der Waals surface area contributed by atoms with Gasteiger partial charge in [0.2, 0.25) is 0 Å². The van der Waals surface area contributed by atoms with E-state index >= 15 is 0 Å². The average molecular weight is 262 g/mol. The molecule has 4 nitrogen and oxygen atoms in total. The molecule has 0 bridgehead atoms. The Labute approximate surface area is 107 Å². The Bertz CT molecular complexity index is 219. The normalized spacial score (nSPS) is 13.9. The maximum absolute atomic E-state index is 11.5. The second-order valence-corrected chi connectivity index (χ2v) is 5.44. The maximum atomic E-state index is 11.5. The molecule has 0 rings (SSSR count). The van der Waals surface area contributed by atoms with E-state index in [1.54, 1.807) is 13.8 Å². The summed E-state index contributed by atoms with van der Waals surface area (Å²) in [5.74, 6) is -0.543. The minimum absolute atomic E-state index is 0.271. The summed E-state index contributed by atoms with van der Waals surface area (Å²) < 4.78 is 10.0. The summed E-state index contributed by atoms with van der Waals surface area (Å²) in [4.78, 5) is 23.0. The van der Waals surface area contributed by atoms with E-state index in [1.165, 1.54) is 11.8 Å². The van der Waals surface area contributed by atoms with Crippen molar-refractivity contribution < 1.29 is 19.1 Å². The van der Waals surface area contributed by atoms with E-state index in [0.29, 0.717) is 13.2 Å². The van der Waals surface area contributed by atoms with Crippen LogP contribution in [0.4, 0.5) is 0 Å². The van der Waals surface area contributed by atoms with E-state index in [0.717, 1.165) is 12.8 Å². The molecule has 5 heteroatoms. The van der Waals surface area contributed by atoms with Crippen LogP contribution in [0.3, 0.4) is 0 Å². The summed E-state index contributed by atoms with van der Waals surface area (Å²) in [7, 11) is 0. The first-order valence-corrected chi connectivity index (χ1v) is 6.95. The van der Waals surface area contributed by atoms with Crippen LogP contribution in [-0.4, -0.2) is 35.7 Å². The lowest BCUT2D eigenvalue weighted by atomic mass is 10.4. The Hall–Kier alpha value is -0.710. The summed E-state index contributed by atoms with van der Waals surface area (Å²) in [6.07, 6.45) is 1.61. The first-order chi connectivity index (χ1) is 8.02. The lowest BCUT2D eigenvalue weighted by molar-refractivity contribution is -0.142. The lowest BCUT2D eigenvalue weighted by Gasteiger charge is -2.15. The largest absolute Gasteiger partial charge is 0.465 e. The summed E-state index contributed by atoms with van der Waals surface area (Å²) in [6, 6.07) is 0. The van der Waals surface area contributed by atoms with E-state index in [2.05, 4.69) is 0 Å². The Morgan fingerprint density at radius 1 is 0.941 bits per heavy atom. The van der Waals surface area contributed by atoms with Crippen LogP contribution in [0, 0.1) is 0 Å². The predicted molar refractivity (Wildman–Crippen MR) is 69.0 cm³/mol. The Morgan fingerprint density at radius 3 is 1.59 bits per heavy atom. The van der Waals surface area contributed by atoms with Gasteiger partial charge in [-0.25, -0.2) is 0 Å². The third-order valence-corrected chi connectivity index (χ3v) is 3.17. The maximum Gasteiger partial charge on any atom is 0.318 e. The topological polar surface area (TPSA) is 52.6 Å². The van der Waals surface area contributed by atoms with Crippen LogP contribution in [0.5, 0.6) is 0 Å². The van der Waals surface area contributed by atoms with Crippen molar-refractivity contribution in [1.82, 2.24) is 0 Å². The molecular formula is C12H22O4S. The van der Waals surface area contributed by atoms with Crippen molar-refractivity contribution in [3.05, 3.63) is 0 Å². The minimum atomic E-state index is -0.342. The molecule has 0 N–H and O–H groups in total. The van der Waals surface area contributed by atoms with Gasteiger partial charge in [-0.3, -0.25) is 9.59 Å². The molecule has 2 atom stereocenters. The van der Waals surface area contributed by atoms with Gasteiger partial charge in [0.15, 0.2) is 0 Å². The SMILES string of the molecule is CCCOC(=O)C(C)SC(C)C(=O)OCCC. The number of hydrogen-bond donors (Lipinski definition) is 0. The fourth-order valence-corrected chi connectivity index (χ4v) is 2.03. The van der Waals surface area contributed by atoms with Gasteiger partial charge >= 0.3 is 11.9 Å². The van der Waals surface area contributed by atoms with Crippen molar-refractivity contribution in [2.24, 2.45) is 0 Å². The summed E-state index contributed by atoms with van der Waals surface area (Å²) >= 11 is 1.27. The van der Waals surface area contributed by atoms with Crippen LogP contribution >= 0.6 is 11.8 Å². The quantitative estimate of drug-likeness (QED) is 0.629. The average Bonchev–Trinajstić information content (AvgIpc) is 2.32. The van der Waals surface area contributed by atoms with Gasteiger partial charge in [0.05, 0.1) is 13.2 Å². The highest BCUT2D eigenvalue weighted by molar-refractivity contribution is 8.01. The Balaban J connectivity index is 3.96. The van der Waals surface area contributed by atoms with Gasteiger partial charge in [0.1, 0.15) is 10.5 Å². The van der Waals surface area contributed by atoms with Crippen LogP contribution in [0.1, 0.15) is 40.5 Å². The van der Waals surface area contributed by atoms with Gasteiger partial charge in [0, 0.05) is 0 Å². The van der Waals surface area contributed by atoms with E-state index in [1.807, 2.05) is 13.8 Å². The smallest absolute Gasteiger partial charge is 0.318 e. The number of ether oxygens (including phenoxy) is 2. The third-order valence-electron chi connectivity index (χ3n) is 1.97. The Kier molecular flexibility index (Phi) is 8.94. The molecule has 2 unspecified atom stereocenters. The Morgan fingerprint density at radius 2 is 1.29 bits per heavy atom. The summed E-state index contributed by atoms with van der Waals surface area (Å²) in [5.41, 5.74) is 0. The minimum Gasteiger partial charge on any atom is -0.465 e. The van der Waals surface area contributed by atoms with Crippen LogP contribution in [0.2, 0.25) is 0 Å². The van der Waals surface area contributed by atoms with Gasteiger partial charge in [-0.15, -0.1) is 11.8 Å². The highest BCUT2D eigenvalue weighted by atomic mass is 32.2.